The summed E-state index contributed by atoms with van der Waals surface area (Å²) in [5.41, 5.74) is 0. The average Bonchev–Trinajstić information content (AvgIpc) is 2.14. The van der Waals surface area contributed by atoms with E-state index in [1.807, 2.05) is 0 Å². The van der Waals surface area contributed by atoms with Gasteiger partial charge in [0.2, 0.25) is 0 Å². The normalized spacial score (nSPS) is 26.8. The van der Waals surface area contributed by atoms with Crippen molar-refractivity contribution in [2.75, 3.05) is 6.61 Å². The average molecular weight is 258 g/mol. The summed E-state index contributed by atoms with van der Waals surface area (Å²) in [5, 5.41) is 9.38. The lowest BCUT2D eigenvalue weighted by atomic mass is 10.1. The highest BCUT2D eigenvalue weighted by molar-refractivity contribution is 6.74. The molecular weight excluding hydrogens is 232 g/mol. The van der Waals surface area contributed by atoms with Crippen LogP contribution in [-0.2, 0) is 9.16 Å². The smallest absolute Gasteiger partial charge is 0.192 e. The fourth-order valence-electron chi connectivity index (χ4n) is 1.76. The fraction of sp³-hybridized carbons (Fsp3) is 0.846. The predicted octanol–water partition coefficient (Wildman–Crippen LogP) is 3.06. The lowest BCUT2D eigenvalue weighted by molar-refractivity contribution is -0.0199. The topological polar surface area (TPSA) is 38.7 Å². The monoisotopic (exact) mass is 258 g/mol. The molecule has 0 bridgehead atoms. The summed E-state index contributed by atoms with van der Waals surface area (Å²) in [4.78, 5) is 0. The molecule has 0 amide bonds. The molecule has 0 aliphatic carbocycles. The van der Waals surface area contributed by atoms with Crippen LogP contribution in [0.2, 0.25) is 18.1 Å². The molecule has 1 aliphatic rings. The Balaban J connectivity index is 2.65. The summed E-state index contributed by atoms with van der Waals surface area (Å²) in [6, 6.07) is 0. The Morgan fingerprint density at radius 2 is 2.06 bits per heavy atom. The van der Waals surface area contributed by atoms with Crippen molar-refractivity contribution in [2.45, 2.75) is 64.0 Å². The summed E-state index contributed by atoms with van der Waals surface area (Å²) >= 11 is 0. The van der Waals surface area contributed by atoms with Crippen LogP contribution in [0.3, 0.4) is 0 Å². The number of hydrogen-bond donors (Lipinski definition) is 1. The first-order valence-corrected chi connectivity index (χ1v) is 9.19. The number of hydrogen-bond acceptors (Lipinski definition) is 3. The Kier molecular flexibility index (Phi) is 4.44. The van der Waals surface area contributed by atoms with Crippen molar-refractivity contribution in [1.82, 2.24) is 0 Å². The van der Waals surface area contributed by atoms with Crippen LogP contribution in [-0.4, -0.2) is 32.2 Å². The zero-order valence-electron chi connectivity index (χ0n) is 11.7. The van der Waals surface area contributed by atoms with Crippen molar-refractivity contribution >= 4 is 8.32 Å². The molecule has 1 fully saturated rings. The summed E-state index contributed by atoms with van der Waals surface area (Å²) < 4.78 is 11.8. The van der Waals surface area contributed by atoms with Crippen LogP contribution in [0.15, 0.2) is 12.3 Å². The lowest BCUT2D eigenvalue weighted by Crippen LogP contribution is -2.46. The molecule has 1 N–H and O–H groups in total. The minimum absolute atomic E-state index is 0.0381. The first-order chi connectivity index (χ1) is 7.65. The number of rotatable bonds is 3. The quantitative estimate of drug-likeness (QED) is 0.791. The molecule has 4 heteroatoms. The van der Waals surface area contributed by atoms with Crippen LogP contribution in [0, 0.1) is 0 Å². The summed E-state index contributed by atoms with van der Waals surface area (Å²) in [6.45, 7) is 15.1. The maximum absolute atomic E-state index is 9.17. The van der Waals surface area contributed by atoms with Gasteiger partial charge in [0.1, 0.15) is 6.10 Å². The van der Waals surface area contributed by atoms with Gasteiger partial charge in [0.25, 0.3) is 0 Å². The third-order valence-corrected chi connectivity index (χ3v) is 8.32. The second-order valence-corrected chi connectivity index (χ2v) is 11.2. The highest BCUT2D eigenvalue weighted by Gasteiger charge is 2.40. The summed E-state index contributed by atoms with van der Waals surface area (Å²) in [7, 11) is -1.74. The van der Waals surface area contributed by atoms with Crippen LogP contribution < -0.4 is 0 Å². The molecule has 0 radical (unpaired) electrons. The van der Waals surface area contributed by atoms with Gasteiger partial charge in [0, 0.05) is 12.8 Å². The van der Waals surface area contributed by atoms with Gasteiger partial charge in [-0.15, -0.1) is 0 Å². The predicted molar refractivity (Wildman–Crippen MR) is 72.4 cm³/mol. The molecule has 1 saturated heterocycles. The fourth-order valence-corrected chi connectivity index (χ4v) is 3.12. The van der Waals surface area contributed by atoms with E-state index in [1.54, 1.807) is 0 Å². The van der Waals surface area contributed by atoms with E-state index >= 15 is 0 Å². The van der Waals surface area contributed by atoms with E-state index in [4.69, 9.17) is 9.16 Å². The SMILES string of the molecule is C=C1C[C@@H](O[Si](C)(C)C(C)(C)C)C[C@H](CO)O1. The standard InChI is InChI=1S/C13H26O3Si/c1-10-7-11(8-12(9-14)15-10)16-17(5,6)13(2,3)4/h11-12,14H,1,7-9H2,2-6H3/t11-,12-/m1/s1. The van der Waals surface area contributed by atoms with Crippen LogP contribution in [0.5, 0.6) is 0 Å². The third-order valence-electron chi connectivity index (χ3n) is 3.79. The number of aliphatic hydroxyl groups is 1. The molecule has 3 nitrogen and oxygen atoms in total. The van der Waals surface area contributed by atoms with E-state index in [0.29, 0.717) is 0 Å². The second kappa shape index (κ2) is 5.12. The molecule has 1 heterocycles. The van der Waals surface area contributed by atoms with E-state index < -0.39 is 8.32 Å². The molecule has 2 atom stereocenters. The van der Waals surface area contributed by atoms with Crippen LogP contribution in [0.1, 0.15) is 33.6 Å². The molecule has 100 valence electrons. The maximum atomic E-state index is 9.17. The van der Waals surface area contributed by atoms with Crippen LogP contribution in [0.25, 0.3) is 0 Å². The van der Waals surface area contributed by atoms with Gasteiger partial charge < -0.3 is 14.3 Å². The molecule has 1 aliphatic heterocycles. The highest BCUT2D eigenvalue weighted by Crippen LogP contribution is 2.39. The van der Waals surface area contributed by atoms with Gasteiger partial charge in [-0.3, -0.25) is 0 Å². The van der Waals surface area contributed by atoms with Crippen molar-refractivity contribution in [3.05, 3.63) is 12.3 Å². The van der Waals surface area contributed by atoms with Crippen LogP contribution >= 0.6 is 0 Å². The Morgan fingerprint density at radius 3 is 2.53 bits per heavy atom. The highest BCUT2D eigenvalue weighted by atomic mass is 28.4. The zero-order chi connectivity index (χ0) is 13.3. The molecule has 0 unspecified atom stereocenters. The molecule has 17 heavy (non-hydrogen) atoms. The minimum Gasteiger partial charge on any atom is -0.493 e. The molecule has 0 aromatic heterocycles. The van der Waals surface area contributed by atoms with E-state index in [1.165, 1.54) is 0 Å². The Labute approximate surface area is 106 Å². The Bertz CT molecular complexity index is 281. The third kappa shape index (κ3) is 3.83. The van der Waals surface area contributed by atoms with Gasteiger partial charge in [0.05, 0.1) is 18.5 Å². The largest absolute Gasteiger partial charge is 0.493 e. The van der Waals surface area contributed by atoms with Crippen molar-refractivity contribution in [1.29, 1.82) is 0 Å². The Morgan fingerprint density at radius 1 is 1.47 bits per heavy atom. The summed E-state index contributed by atoms with van der Waals surface area (Å²) in [6.07, 6.45) is 1.52. The molecule has 0 aromatic rings. The molecular formula is C13H26O3Si. The Hall–Kier alpha value is -0.323. The van der Waals surface area contributed by atoms with Crippen molar-refractivity contribution in [3.63, 3.8) is 0 Å². The lowest BCUT2D eigenvalue weighted by Gasteiger charge is -2.41. The number of ether oxygens (including phenoxy) is 1. The van der Waals surface area contributed by atoms with Gasteiger partial charge in [0.15, 0.2) is 8.32 Å². The molecule has 1 rings (SSSR count). The van der Waals surface area contributed by atoms with Gasteiger partial charge >= 0.3 is 0 Å². The van der Waals surface area contributed by atoms with Crippen LogP contribution in [0.4, 0.5) is 0 Å². The van der Waals surface area contributed by atoms with Gasteiger partial charge in [-0.05, 0) is 18.1 Å². The van der Waals surface area contributed by atoms with E-state index in [-0.39, 0.29) is 23.9 Å². The first-order valence-electron chi connectivity index (χ1n) is 6.29. The molecule has 0 saturated carbocycles. The van der Waals surface area contributed by atoms with E-state index in [9.17, 15) is 5.11 Å². The second-order valence-electron chi connectivity index (χ2n) is 6.40. The van der Waals surface area contributed by atoms with Gasteiger partial charge in [-0.25, -0.2) is 0 Å². The van der Waals surface area contributed by atoms with Crippen molar-refractivity contribution < 1.29 is 14.3 Å². The van der Waals surface area contributed by atoms with E-state index in [2.05, 4.69) is 40.4 Å². The maximum Gasteiger partial charge on any atom is 0.192 e. The van der Waals surface area contributed by atoms with Crippen molar-refractivity contribution in [2.24, 2.45) is 0 Å². The van der Waals surface area contributed by atoms with Crippen molar-refractivity contribution in [3.8, 4) is 0 Å². The minimum atomic E-state index is -1.74. The summed E-state index contributed by atoms with van der Waals surface area (Å²) in [5.74, 6) is 0.735. The van der Waals surface area contributed by atoms with E-state index in [0.717, 1.165) is 18.6 Å². The van der Waals surface area contributed by atoms with Gasteiger partial charge in [-0.2, -0.15) is 0 Å². The molecule has 0 aromatic carbocycles. The zero-order valence-corrected chi connectivity index (χ0v) is 12.7. The first kappa shape index (κ1) is 14.7. The van der Waals surface area contributed by atoms with Gasteiger partial charge in [-0.1, -0.05) is 27.4 Å². The number of aliphatic hydroxyl groups excluding tert-OH is 1. The molecule has 0 spiro atoms.